The molecule has 0 aromatic heterocycles. The zero-order valence-corrected chi connectivity index (χ0v) is 16.4. The maximum absolute atomic E-state index is 12.7. The van der Waals surface area contributed by atoms with Crippen LogP contribution in [0.4, 0.5) is 0 Å². The van der Waals surface area contributed by atoms with Crippen LogP contribution in [0.25, 0.3) is 0 Å². The van der Waals surface area contributed by atoms with Crippen LogP contribution in [0.3, 0.4) is 0 Å². The van der Waals surface area contributed by atoms with Crippen LogP contribution in [0.2, 0.25) is 0 Å². The summed E-state index contributed by atoms with van der Waals surface area (Å²) < 4.78 is 40.6. The minimum absolute atomic E-state index is 0.308. The molecule has 28 heavy (non-hydrogen) atoms. The molecule has 2 aromatic carbocycles. The molecule has 0 saturated heterocycles. The van der Waals surface area contributed by atoms with E-state index in [9.17, 15) is 18.5 Å². The molecule has 8 heteroatoms. The van der Waals surface area contributed by atoms with Crippen molar-refractivity contribution in [3.05, 3.63) is 65.2 Å². The highest BCUT2D eigenvalue weighted by Gasteiger charge is 2.49. The molecule has 0 bridgehead atoms. The van der Waals surface area contributed by atoms with E-state index in [1.807, 2.05) is 6.07 Å². The number of hydrogen-bond donors (Lipinski definition) is 0. The van der Waals surface area contributed by atoms with Gasteiger partial charge in [0.2, 0.25) is 0 Å². The number of rotatable bonds is 4. The summed E-state index contributed by atoms with van der Waals surface area (Å²) in [7, 11) is -3.88. The maximum atomic E-state index is 12.7. The van der Waals surface area contributed by atoms with Gasteiger partial charge in [0.15, 0.2) is 12.2 Å². The van der Waals surface area contributed by atoms with E-state index >= 15 is 0 Å². The van der Waals surface area contributed by atoms with Crippen molar-refractivity contribution in [2.24, 2.45) is 0 Å². The number of nitriles is 1. The Labute approximate surface area is 163 Å². The monoisotopic (exact) mass is 401 g/mol. The summed E-state index contributed by atoms with van der Waals surface area (Å²) in [6.45, 7) is 3.29. The predicted octanol–water partition coefficient (Wildman–Crippen LogP) is 2.97. The molecule has 0 spiro atoms. The number of hydrogen-bond acceptors (Lipinski definition) is 7. The van der Waals surface area contributed by atoms with Gasteiger partial charge in [0.05, 0.1) is 23.5 Å². The van der Waals surface area contributed by atoms with Gasteiger partial charge in [0.25, 0.3) is 10.1 Å². The van der Waals surface area contributed by atoms with Crippen molar-refractivity contribution in [3.63, 3.8) is 0 Å². The summed E-state index contributed by atoms with van der Waals surface area (Å²) in [5, 5.41) is 9.21. The molecule has 0 saturated carbocycles. The number of fused-ring (bicyclic) bond motifs is 1. The first-order valence-corrected chi connectivity index (χ1v) is 10.3. The van der Waals surface area contributed by atoms with Crippen molar-refractivity contribution < 1.29 is 26.9 Å². The van der Waals surface area contributed by atoms with Gasteiger partial charge in [-0.25, -0.2) is 4.79 Å². The Kier molecular flexibility index (Phi) is 5.15. The number of carbonyl (C=O) groups excluding carboxylic acids is 1. The Bertz CT molecular complexity index is 1040. The van der Waals surface area contributed by atoms with Crippen molar-refractivity contribution in [3.8, 4) is 11.8 Å². The van der Waals surface area contributed by atoms with Crippen LogP contribution >= 0.6 is 0 Å². The predicted molar refractivity (Wildman–Crippen MR) is 100 cm³/mol. The van der Waals surface area contributed by atoms with E-state index in [0.29, 0.717) is 22.4 Å². The third-order valence-electron chi connectivity index (χ3n) is 4.30. The topological polar surface area (TPSA) is 103 Å². The average molecular weight is 401 g/mol. The third kappa shape index (κ3) is 4.16. The van der Waals surface area contributed by atoms with Crippen molar-refractivity contribution in [2.75, 3.05) is 6.26 Å². The summed E-state index contributed by atoms with van der Waals surface area (Å²) in [6, 6.07) is 15.0. The smallest absolute Gasteiger partial charge is 0.338 e. The zero-order valence-electron chi connectivity index (χ0n) is 15.6. The molecule has 0 unspecified atom stereocenters. The maximum Gasteiger partial charge on any atom is 0.338 e. The van der Waals surface area contributed by atoms with Crippen LogP contribution in [0.15, 0.2) is 48.5 Å². The summed E-state index contributed by atoms with van der Waals surface area (Å²) in [4.78, 5) is 12.7. The Morgan fingerprint density at radius 3 is 2.46 bits per heavy atom. The van der Waals surface area contributed by atoms with Crippen molar-refractivity contribution in [2.45, 2.75) is 31.7 Å². The van der Waals surface area contributed by atoms with Gasteiger partial charge in [-0.3, -0.25) is 4.18 Å². The fourth-order valence-electron chi connectivity index (χ4n) is 3.04. The molecule has 2 aromatic rings. The van der Waals surface area contributed by atoms with Crippen molar-refractivity contribution >= 4 is 16.1 Å². The summed E-state index contributed by atoms with van der Waals surface area (Å²) in [5.41, 5.74) is -0.119. The molecule has 3 rings (SSSR count). The van der Waals surface area contributed by atoms with Crippen LogP contribution in [-0.2, 0) is 19.0 Å². The normalized spacial score (nSPS) is 20.4. The molecule has 0 radical (unpaired) electrons. The molecule has 0 fully saturated rings. The molecular weight excluding hydrogens is 382 g/mol. The van der Waals surface area contributed by atoms with Crippen molar-refractivity contribution in [1.82, 2.24) is 0 Å². The molecule has 1 aliphatic heterocycles. The van der Waals surface area contributed by atoms with Crippen LogP contribution in [0.1, 0.15) is 41.4 Å². The quantitative estimate of drug-likeness (QED) is 0.573. The van der Waals surface area contributed by atoms with Crippen molar-refractivity contribution in [1.29, 1.82) is 5.26 Å². The van der Waals surface area contributed by atoms with Gasteiger partial charge < -0.3 is 9.47 Å². The second-order valence-electron chi connectivity index (χ2n) is 6.98. The van der Waals surface area contributed by atoms with E-state index in [1.165, 1.54) is 6.07 Å². The SMILES string of the molecule is CC1(C)Oc2ccc(C#N)cc2[C@H](OC(=O)c2ccccc2)[C@H]1OS(C)(=O)=O. The average Bonchev–Trinajstić information content (AvgIpc) is 2.63. The lowest BCUT2D eigenvalue weighted by molar-refractivity contribution is -0.101. The number of nitrogens with zero attached hydrogens (tertiary/aromatic N) is 1. The Morgan fingerprint density at radius 1 is 1.18 bits per heavy atom. The molecule has 1 heterocycles. The molecule has 0 N–H and O–H groups in total. The number of carbonyl (C=O) groups is 1. The van der Waals surface area contributed by atoms with E-state index in [-0.39, 0.29) is 0 Å². The second-order valence-corrected chi connectivity index (χ2v) is 8.58. The Hall–Kier alpha value is -2.89. The second kappa shape index (κ2) is 7.26. The first-order chi connectivity index (χ1) is 13.1. The third-order valence-corrected chi connectivity index (χ3v) is 4.86. The fraction of sp³-hybridized carbons (Fsp3) is 0.300. The lowest BCUT2D eigenvalue weighted by atomic mass is 9.87. The highest BCUT2D eigenvalue weighted by molar-refractivity contribution is 7.86. The summed E-state index contributed by atoms with van der Waals surface area (Å²) >= 11 is 0. The molecule has 1 aliphatic rings. The van der Waals surface area contributed by atoms with Gasteiger partial charge in [-0.05, 0) is 44.2 Å². The highest BCUT2D eigenvalue weighted by atomic mass is 32.2. The van der Waals surface area contributed by atoms with Crippen LogP contribution in [0.5, 0.6) is 5.75 Å². The van der Waals surface area contributed by atoms with E-state index in [1.54, 1.807) is 56.3 Å². The van der Waals surface area contributed by atoms with Crippen LogP contribution in [0, 0.1) is 11.3 Å². The summed E-state index contributed by atoms with van der Waals surface area (Å²) in [5.74, 6) is -0.248. The van der Waals surface area contributed by atoms with Gasteiger partial charge in [0.1, 0.15) is 11.4 Å². The molecule has 0 aliphatic carbocycles. The minimum atomic E-state index is -3.88. The lowest BCUT2D eigenvalue weighted by Crippen LogP contribution is -2.52. The Balaban J connectivity index is 2.09. The number of esters is 1. The standard InChI is InChI=1S/C20H19NO6S/c1-20(2)18(27-28(3,23)24)17(25-19(22)14-7-5-4-6-8-14)15-11-13(12-21)9-10-16(15)26-20/h4-11,17-18H,1-3H3/t17-,18+/m0/s1. The summed E-state index contributed by atoms with van der Waals surface area (Å²) in [6.07, 6.45) is -1.31. The zero-order chi connectivity index (χ0) is 20.5. The fourth-order valence-corrected chi connectivity index (χ4v) is 3.75. The van der Waals surface area contributed by atoms with Gasteiger partial charge in [0, 0.05) is 5.56 Å². The lowest BCUT2D eigenvalue weighted by Gasteiger charge is -2.43. The number of benzene rings is 2. The van der Waals surface area contributed by atoms with E-state index < -0.39 is 33.9 Å². The van der Waals surface area contributed by atoms with Crippen LogP contribution < -0.4 is 4.74 Å². The largest absolute Gasteiger partial charge is 0.484 e. The highest BCUT2D eigenvalue weighted by Crippen LogP contribution is 2.44. The van der Waals surface area contributed by atoms with Gasteiger partial charge in [-0.2, -0.15) is 13.7 Å². The van der Waals surface area contributed by atoms with Gasteiger partial charge >= 0.3 is 5.97 Å². The first kappa shape index (κ1) is 19.9. The Morgan fingerprint density at radius 2 is 1.86 bits per heavy atom. The van der Waals surface area contributed by atoms with E-state index in [0.717, 1.165) is 6.26 Å². The van der Waals surface area contributed by atoms with Gasteiger partial charge in [-0.15, -0.1) is 0 Å². The first-order valence-electron chi connectivity index (χ1n) is 8.48. The number of ether oxygens (including phenoxy) is 2. The molecule has 2 atom stereocenters. The molecule has 0 amide bonds. The van der Waals surface area contributed by atoms with Crippen LogP contribution in [-0.4, -0.2) is 32.3 Å². The minimum Gasteiger partial charge on any atom is -0.484 e. The van der Waals surface area contributed by atoms with E-state index in [2.05, 4.69) is 0 Å². The van der Waals surface area contributed by atoms with E-state index in [4.69, 9.17) is 13.7 Å². The molecular formula is C20H19NO6S. The molecule has 146 valence electrons. The van der Waals surface area contributed by atoms with Gasteiger partial charge in [-0.1, -0.05) is 18.2 Å². The molecule has 7 nitrogen and oxygen atoms in total.